The lowest BCUT2D eigenvalue weighted by atomic mass is 9.69. The second kappa shape index (κ2) is 7.29. The largest absolute Gasteiger partial charge is 0.259 e. The SMILES string of the molecule is C/C(CC(C)(C)C1CCCCC1)=N\Nc1nncc2ccccc12. The topological polar surface area (TPSA) is 50.2 Å². The van der Waals surface area contributed by atoms with Crippen LogP contribution in [0.1, 0.15) is 59.3 Å². The summed E-state index contributed by atoms with van der Waals surface area (Å²) >= 11 is 0. The lowest BCUT2D eigenvalue weighted by Crippen LogP contribution is -2.28. The molecule has 4 heteroatoms. The second-order valence-corrected chi connectivity index (χ2v) is 7.74. The summed E-state index contributed by atoms with van der Waals surface area (Å²) in [7, 11) is 0. The van der Waals surface area contributed by atoms with E-state index in [2.05, 4.69) is 41.5 Å². The predicted molar refractivity (Wildman–Crippen MR) is 101 cm³/mol. The van der Waals surface area contributed by atoms with E-state index in [9.17, 15) is 0 Å². The third kappa shape index (κ3) is 3.92. The Morgan fingerprint density at radius 1 is 1.21 bits per heavy atom. The van der Waals surface area contributed by atoms with Gasteiger partial charge in [-0.2, -0.15) is 10.2 Å². The molecular formula is C20H28N4. The van der Waals surface area contributed by atoms with Gasteiger partial charge in [-0.1, -0.05) is 57.4 Å². The molecule has 1 saturated carbocycles. The molecule has 1 fully saturated rings. The molecule has 1 heterocycles. The van der Waals surface area contributed by atoms with E-state index in [1.54, 1.807) is 6.20 Å². The Bertz CT molecular complexity index is 709. The third-order valence-corrected chi connectivity index (χ3v) is 5.34. The predicted octanol–water partition coefficient (Wildman–Crippen LogP) is 5.41. The molecular weight excluding hydrogens is 296 g/mol. The first-order valence-corrected chi connectivity index (χ1v) is 9.06. The van der Waals surface area contributed by atoms with Gasteiger partial charge in [0.15, 0.2) is 5.82 Å². The monoisotopic (exact) mass is 324 g/mol. The number of hydrazone groups is 1. The number of anilines is 1. The number of aromatic nitrogens is 2. The van der Waals surface area contributed by atoms with Crippen molar-refractivity contribution in [2.24, 2.45) is 16.4 Å². The fourth-order valence-corrected chi connectivity index (χ4v) is 3.99. The summed E-state index contributed by atoms with van der Waals surface area (Å²) in [6.45, 7) is 6.88. The molecule has 0 unspecified atom stereocenters. The number of benzene rings is 1. The van der Waals surface area contributed by atoms with Gasteiger partial charge in [0.1, 0.15) is 0 Å². The number of hydrogen-bond acceptors (Lipinski definition) is 4. The van der Waals surface area contributed by atoms with E-state index in [0.717, 1.165) is 34.6 Å². The fraction of sp³-hybridized carbons (Fsp3) is 0.550. The smallest absolute Gasteiger partial charge is 0.176 e. The quantitative estimate of drug-likeness (QED) is 0.590. The van der Waals surface area contributed by atoms with Crippen LogP contribution in [0.3, 0.4) is 0 Å². The highest BCUT2D eigenvalue weighted by Gasteiger charge is 2.31. The number of fused-ring (bicyclic) bond motifs is 1. The molecule has 1 aromatic heterocycles. The van der Waals surface area contributed by atoms with Crippen molar-refractivity contribution in [1.82, 2.24) is 10.2 Å². The molecule has 0 aliphatic heterocycles. The summed E-state index contributed by atoms with van der Waals surface area (Å²) in [5.74, 6) is 1.54. The molecule has 24 heavy (non-hydrogen) atoms. The van der Waals surface area contributed by atoms with Crippen molar-refractivity contribution in [3.05, 3.63) is 30.5 Å². The average molecular weight is 324 g/mol. The van der Waals surface area contributed by atoms with E-state index in [-0.39, 0.29) is 0 Å². The summed E-state index contributed by atoms with van der Waals surface area (Å²) in [5, 5.41) is 15.0. The van der Waals surface area contributed by atoms with E-state index < -0.39 is 0 Å². The van der Waals surface area contributed by atoms with E-state index in [0.29, 0.717) is 5.41 Å². The van der Waals surface area contributed by atoms with E-state index in [1.807, 2.05) is 24.3 Å². The zero-order valence-electron chi connectivity index (χ0n) is 15.0. The summed E-state index contributed by atoms with van der Waals surface area (Å²) in [6, 6.07) is 8.11. The molecule has 1 aliphatic carbocycles. The van der Waals surface area contributed by atoms with Gasteiger partial charge in [0, 0.05) is 16.5 Å². The average Bonchev–Trinajstić information content (AvgIpc) is 2.60. The second-order valence-electron chi connectivity index (χ2n) is 7.74. The van der Waals surface area contributed by atoms with Crippen LogP contribution in [0, 0.1) is 11.3 Å². The van der Waals surface area contributed by atoms with Crippen LogP contribution in [0.4, 0.5) is 5.82 Å². The van der Waals surface area contributed by atoms with E-state index in [1.165, 1.54) is 32.1 Å². The van der Waals surface area contributed by atoms with Crippen LogP contribution in [0.25, 0.3) is 10.8 Å². The minimum atomic E-state index is 0.306. The minimum absolute atomic E-state index is 0.306. The van der Waals surface area contributed by atoms with Gasteiger partial charge in [-0.05, 0) is 37.5 Å². The summed E-state index contributed by atoms with van der Waals surface area (Å²) in [6.07, 6.45) is 9.69. The highest BCUT2D eigenvalue weighted by Crippen LogP contribution is 2.40. The maximum absolute atomic E-state index is 4.59. The van der Waals surface area contributed by atoms with Crippen molar-refractivity contribution in [1.29, 1.82) is 0 Å². The van der Waals surface area contributed by atoms with Crippen LogP contribution >= 0.6 is 0 Å². The van der Waals surface area contributed by atoms with Gasteiger partial charge in [0.2, 0.25) is 0 Å². The van der Waals surface area contributed by atoms with Crippen molar-refractivity contribution in [3.63, 3.8) is 0 Å². The maximum Gasteiger partial charge on any atom is 0.176 e. The molecule has 2 aromatic rings. The van der Waals surface area contributed by atoms with Crippen molar-refractivity contribution >= 4 is 22.3 Å². The van der Waals surface area contributed by atoms with Gasteiger partial charge in [0.05, 0.1) is 6.20 Å². The Labute approximate surface area is 144 Å². The summed E-state index contributed by atoms with van der Waals surface area (Å²) in [5.41, 5.74) is 4.56. The summed E-state index contributed by atoms with van der Waals surface area (Å²) < 4.78 is 0. The molecule has 4 nitrogen and oxygen atoms in total. The fourth-order valence-electron chi connectivity index (χ4n) is 3.99. The number of nitrogens with zero attached hydrogens (tertiary/aromatic N) is 3. The Kier molecular flexibility index (Phi) is 5.12. The molecule has 0 radical (unpaired) electrons. The first-order chi connectivity index (χ1) is 11.6. The highest BCUT2D eigenvalue weighted by molar-refractivity contribution is 5.91. The minimum Gasteiger partial charge on any atom is -0.259 e. The first-order valence-electron chi connectivity index (χ1n) is 9.06. The van der Waals surface area contributed by atoms with E-state index >= 15 is 0 Å². The maximum atomic E-state index is 4.59. The first kappa shape index (κ1) is 16.9. The lowest BCUT2D eigenvalue weighted by molar-refractivity contribution is 0.166. The van der Waals surface area contributed by atoms with E-state index in [4.69, 9.17) is 0 Å². The number of rotatable bonds is 5. The zero-order chi connectivity index (χ0) is 17.0. The molecule has 0 saturated heterocycles. The van der Waals surface area contributed by atoms with Gasteiger partial charge in [-0.25, -0.2) is 0 Å². The molecule has 1 aromatic carbocycles. The Morgan fingerprint density at radius 2 is 1.96 bits per heavy atom. The molecule has 3 rings (SSSR count). The third-order valence-electron chi connectivity index (χ3n) is 5.34. The number of hydrogen-bond donors (Lipinski definition) is 1. The molecule has 0 spiro atoms. The Balaban J connectivity index is 1.69. The zero-order valence-corrected chi connectivity index (χ0v) is 15.0. The van der Waals surface area contributed by atoms with Crippen LogP contribution < -0.4 is 5.43 Å². The van der Waals surface area contributed by atoms with Gasteiger partial charge in [-0.3, -0.25) is 5.43 Å². The van der Waals surface area contributed by atoms with Crippen molar-refractivity contribution in [2.45, 2.75) is 59.3 Å². The Morgan fingerprint density at radius 3 is 2.75 bits per heavy atom. The molecule has 0 bridgehead atoms. The van der Waals surface area contributed by atoms with Crippen molar-refractivity contribution in [3.8, 4) is 0 Å². The van der Waals surface area contributed by atoms with Crippen LogP contribution in [-0.2, 0) is 0 Å². The van der Waals surface area contributed by atoms with Crippen LogP contribution in [0.5, 0.6) is 0 Å². The normalized spacial score (nSPS) is 17.2. The molecule has 128 valence electrons. The van der Waals surface area contributed by atoms with Gasteiger partial charge in [0.25, 0.3) is 0 Å². The standard InChI is InChI=1S/C20H28N4/c1-15(13-20(2,3)17-10-5-4-6-11-17)22-24-19-18-12-8-7-9-16(18)14-21-23-19/h7-9,12,14,17H,4-6,10-11,13H2,1-3H3,(H,23,24)/b22-15+. The molecule has 0 atom stereocenters. The molecule has 1 aliphatic rings. The van der Waals surface area contributed by atoms with Gasteiger partial charge < -0.3 is 0 Å². The summed E-state index contributed by atoms with van der Waals surface area (Å²) in [4.78, 5) is 0. The molecule has 1 N–H and O–H groups in total. The van der Waals surface area contributed by atoms with Crippen molar-refractivity contribution < 1.29 is 0 Å². The van der Waals surface area contributed by atoms with Crippen molar-refractivity contribution in [2.75, 3.05) is 5.43 Å². The van der Waals surface area contributed by atoms with Crippen LogP contribution in [-0.4, -0.2) is 15.9 Å². The van der Waals surface area contributed by atoms with Gasteiger partial charge >= 0.3 is 0 Å². The Hall–Kier alpha value is -1.97. The van der Waals surface area contributed by atoms with Crippen LogP contribution in [0.15, 0.2) is 35.6 Å². The van der Waals surface area contributed by atoms with Crippen LogP contribution in [0.2, 0.25) is 0 Å². The molecule has 0 amide bonds. The number of nitrogens with one attached hydrogen (secondary N) is 1. The highest BCUT2D eigenvalue weighted by atomic mass is 15.3. The lowest BCUT2D eigenvalue weighted by Gasteiger charge is -2.37. The van der Waals surface area contributed by atoms with Gasteiger partial charge in [-0.15, -0.1) is 5.10 Å².